The highest BCUT2D eigenvalue weighted by Gasteiger charge is 2.44. The lowest BCUT2D eigenvalue weighted by atomic mass is 9.85. The number of likely N-dealkylation sites (tertiary alicyclic amines) is 1. The van der Waals surface area contributed by atoms with Crippen molar-refractivity contribution >= 4 is 0 Å². The van der Waals surface area contributed by atoms with Gasteiger partial charge in [-0.15, -0.1) is 0 Å². The van der Waals surface area contributed by atoms with Crippen LogP contribution in [0, 0.1) is 0 Å². The van der Waals surface area contributed by atoms with Gasteiger partial charge in [0.05, 0.1) is 0 Å². The Kier molecular flexibility index (Phi) is 3.13. The van der Waals surface area contributed by atoms with Gasteiger partial charge in [0, 0.05) is 11.6 Å². The number of nitrogens with two attached hydrogens (primary N) is 1. The van der Waals surface area contributed by atoms with Crippen molar-refractivity contribution in [2.24, 2.45) is 5.73 Å². The summed E-state index contributed by atoms with van der Waals surface area (Å²) in [4.78, 5) is 2.70. The maximum Gasteiger partial charge on any atom is 0.0360 e. The van der Waals surface area contributed by atoms with Crippen LogP contribution in [0.15, 0.2) is 0 Å². The Morgan fingerprint density at radius 2 is 1.71 bits per heavy atom. The first-order valence-electron chi connectivity index (χ1n) is 6.30. The average Bonchev–Trinajstić information content (AvgIpc) is 2.86. The van der Waals surface area contributed by atoms with Crippen molar-refractivity contribution in [3.8, 4) is 0 Å². The van der Waals surface area contributed by atoms with Crippen LogP contribution in [0.4, 0.5) is 0 Å². The molecule has 1 aliphatic heterocycles. The largest absolute Gasteiger partial charge is 0.326 e. The van der Waals surface area contributed by atoms with Gasteiger partial charge in [0.2, 0.25) is 0 Å². The third kappa shape index (κ3) is 1.59. The van der Waals surface area contributed by atoms with Crippen LogP contribution < -0.4 is 5.73 Å². The first kappa shape index (κ1) is 10.4. The molecule has 0 aromatic carbocycles. The predicted octanol–water partition coefficient (Wildman–Crippen LogP) is 2.13. The minimum atomic E-state index is 0.394. The second-order valence-corrected chi connectivity index (χ2v) is 5.02. The Bertz CT molecular complexity index is 179. The fraction of sp³-hybridized carbons (Fsp3) is 1.00. The number of hydrogen-bond acceptors (Lipinski definition) is 2. The molecule has 14 heavy (non-hydrogen) atoms. The molecule has 2 rings (SSSR count). The first-order valence-corrected chi connectivity index (χ1v) is 6.30. The molecule has 2 nitrogen and oxygen atoms in total. The highest BCUT2D eigenvalue weighted by atomic mass is 15.2. The molecule has 1 saturated carbocycles. The van der Waals surface area contributed by atoms with E-state index in [1.54, 1.807) is 0 Å². The average molecular weight is 196 g/mol. The molecule has 82 valence electrons. The molecule has 1 atom stereocenters. The minimum Gasteiger partial charge on any atom is -0.326 e. The van der Waals surface area contributed by atoms with Crippen molar-refractivity contribution < 1.29 is 0 Å². The molecule has 0 radical (unpaired) electrons. The van der Waals surface area contributed by atoms with Crippen molar-refractivity contribution in [3.05, 3.63) is 0 Å². The van der Waals surface area contributed by atoms with Gasteiger partial charge in [-0.1, -0.05) is 19.8 Å². The van der Waals surface area contributed by atoms with Gasteiger partial charge in [-0.25, -0.2) is 0 Å². The topological polar surface area (TPSA) is 29.3 Å². The molecule has 0 bridgehead atoms. The van der Waals surface area contributed by atoms with Gasteiger partial charge in [0.15, 0.2) is 0 Å². The van der Waals surface area contributed by atoms with Gasteiger partial charge >= 0.3 is 0 Å². The van der Waals surface area contributed by atoms with Crippen LogP contribution in [0.2, 0.25) is 0 Å². The predicted molar refractivity (Wildman–Crippen MR) is 60.3 cm³/mol. The number of hydrogen-bond donors (Lipinski definition) is 1. The Hall–Kier alpha value is -0.0800. The normalized spacial score (nSPS) is 29.6. The molecular weight excluding hydrogens is 172 g/mol. The fourth-order valence-electron chi connectivity index (χ4n) is 3.45. The first-order chi connectivity index (χ1) is 6.79. The third-order valence-electron chi connectivity index (χ3n) is 4.34. The minimum absolute atomic E-state index is 0.394. The van der Waals surface area contributed by atoms with Crippen LogP contribution in [0.5, 0.6) is 0 Å². The Morgan fingerprint density at radius 1 is 1.14 bits per heavy atom. The fourth-order valence-corrected chi connectivity index (χ4v) is 3.45. The molecule has 2 heteroatoms. The highest BCUT2D eigenvalue weighted by molar-refractivity contribution is 5.02. The van der Waals surface area contributed by atoms with Crippen LogP contribution >= 0.6 is 0 Å². The van der Waals surface area contributed by atoms with Crippen LogP contribution in [-0.2, 0) is 0 Å². The molecule has 1 saturated heterocycles. The zero-order chi connectivity index (χ0) is 10.0. The van der Waals surface area contributed by atoms with Crippen molar-refractivity contribution in [1.29, 1.82) is 0 Å². The Morgan fingerprint density at radius 3 is 2.21 bits per heavy atom. The van der Waals surface area contributed by atoms with Gasteiger partial charge in [0.1, 0.15) is 0 Å². The lowest BCUT2D eigenvalue weighted by Gasteiger charge is -2.43. The summed E-state index contributed by atoms with van der Waals surface area (Å²) in [6.07, 6.45) is 9.39. The second kappa shape index (κ2) is 4.19. The van der Waals surface area contributed by atoms with Crippen LogP contribution in [0.3, 0.4) is 0 Å². The van der Waals surface area contributed by atoms with Crippen LogP contribution in [0.1, 0.15) is 51.9 Å². The van der Waals surface area contributed by atoms with E-state index in [1.807, 2.05) is 0 Å². The second-order valence-electron chi connectivity index (χ2n) is 5.02. The van der Waals surface area contributed by atoms with Crippen LogP contribution in [-0.4, -0.2) is 29.6 Å². The van der Waals surface area contributed by atoms with E-state index in [0.29, 0.717) is 11.6 Å². The van der Waals surface area contributed by atoms with E-state index < -0.39 is 0 Å². The summed E-state index contributed by atoms with van der Waals surface area (Å²) in [6.45, 7) is 4.84. The highest BCUT2D eigenvalue weighted by Crippen LogP contribution is 2.40. The summed E-state index contributed by atoms with van der Waals surface area (Å²) >= 11 is 0. The van der Waals surface area contributed by atoms with E-state index in [2.05, 4.69) is 11.8 Å². The zero-order valence-corrected chi connectivity index (χ0v) is 9.47. The molecule has 0 aromatic rings. The summed E-state index contributed by atoms with van der Waals surface area (Å²) in [5, 5.41) is 0. The molecule has 2 aliphatic rings. The monoisotopic (exact) mass is 196 g/mol. The summed E-state index contributed by atoms with van der Waals surface area (Å²) in [7, 11) is 0. The summed E-state index contributed by atoms with van der Waals surface area (Å²) < 4.78 is 0. The van der Waals surface area contributed by atoms with E-state index in [9.17, 15) is 0 Å². The Labute approximate surface area is 87.8 Å². The van der Waals surface area contributed by atoms with Gasteiger partial charge < -0.3 is 5.73 Å². The SMILES string of the molecule is CCC(N)C1(N2CCCC2)CCCC1. The van der Waals surface area contributed by atoms with Crippen molar-refractivity contribution in [1.82, 2.24) is 4.90 Å². The lowest BCUT2D eigenvalue weighted by Crippen LogP contribution is -2.57. The van der Waals surface area contributed by atoms with E-state index in [0.717, 1.165) is 6.42 Å². The van der Waals surface area contributed by atoms with Gasteiger partial charge in [-0.3, -0.25) is 4.90 Å². The molecule has 2 N–H and O–H groups in total. The van der Waals surface area contributed by atoms with Crippen molar-refractivity contribution in [2.45, 2.75) is 63.5 Å². The summed E-state index contributed by atoms with van der Waals surface area (Å²) in [5.41, 5.74) is 6.75. The maximum absolute atomic E-state index is 6.35. The summed E-state index contributed by atoms with van der Waals surface area (Å²) in [6, 6.07) is 0.406. The standard InChI is InChI=1S/C12H24N2/c1-2-11(13)12(7-3-4-8-12)14-9-5-6-10-14/h11H,2-10,13H2,1H3. The molecule has 0 spiro atoms. The smallest absolute Gasteiger partial charge is 0.0360 e. The summed E-state index contributed by atoms with van der Waals surface area (Å²) in [5.74, 6) is 0. The van der Waals surface area contributed by atoms with Crippen LogP contribution in [0.25, 0.3) is 0 Å². The lowest BCUT2D eigenvalue weighted by molar-refractivity contribution is 0.0907. The molecule has 0 amide bonds. The molecular formula is C12H24N2. The van der Waals surface area contributed by atoms with Gasteiger partial charge in [-0.05, 0) is 45.2 Å². The quantitative estimate of drug-likeness (QED) is 0.749. The maximum atomic E-state index is 6.35. The molecule has 2 fully saturated rings. The molecule has 1 heterocycles. The number of rotatable bonds is 3. The van der Waals surface area contributed by atoms with E-state index in [1.165, 1.54) is 51.6 Å². The molecule has 0 aromatic heterocycles. The third-order valence-corrected chi connectivity index (χ3v) is 4.34. The van der Waals surface area contributed by atoms with Gasteiger partial charge in [0.25, 0.3) is 0 Å². The Balaban J connectivity index is 2.11. The van der Waals surface area contributed by atoms with E-state index in [4.69, 9.17) is 5.73 Å². The molecule has 1 aliphatic carbocycles. The van der Waals surface area contributed by atoms with Crippen molar-refractivity contribution in [2.75, 3.05) is 13.1 Å². The van der Waals surface area contributed by atoms with E-state index >= 15 is 0 Å². The number of nitrogens with zero attached hydrogens (tertiary/aromatic N) is 1. The van der Waals surface area contributed by atoms with E-state index in [-0.39, 0.29) is 0 Å². The molecule has 1 unspecified atom stereocenters. The zero-order valence-electron chi connectivity index (χ0n) is 9.47. The van der Waals surface area contributed by atoms with Gasteiger partial charge in [-0.2, -0.15) is 0 Å². The van der Waals surface area contributed by atoms with Crippen molar-refractivity contribution in [3.63, 3.8) is 0 Å².